The predicted octanol–water partition coefficient (Wildman–Crippen LogP) is 2.88. The Labute approximate surface area is 202 Å². The molecule has 1 atom stereocenters. The van der Waals surface area contributed by atoms with E-state index in [1.54, 1.807) is 57.5 Å². The minimum Gasteiger partial charge on any atom is -0.497 e. The molecule has 0 saturated carbocycles. The minimum atomic E-state index is -1.06. The number of furan rings is 1. The van der Waals surface area contributed by atoms with Gasteiger partial charge in [0.2, 0.25) is 5.91 Å². The van der Waals surface area contributed by atoms with Crippen molar-refractivity contribution in [3.8, 4) is 5.75 Å². The van der Waals surface area contributed by atoms with Gasteiger partial charge in [0.25, 0.3) is 5.91 Å². The highest BCUT2D eigenvalue weighted by molar-refractivity contribution is 6.01. The summed E-state index contributed by atoms with van der Waals surface area (Å²) in [6, 6.07) is 16.7. The van der Waals surface area contributed by atoms with Gasteiger partial charge in [-0.2, -0.15) is 0 Å². The second-order valence-corrected chi connectivity index (χ2v) is 7.83. The molecule has 0 radical (unpaired) electrons. The van der Waals surface area contributed by atoms with Gasteiger partial charge in [-0.1, -0.05) is 17.3 Å². The van der Waals surface area contributed by atoms with Crippen LogP contribution in [0.4, 0.5) is 5.69 Å². The van der Waals surface area contributed by atoms with Crippen molar-refractivity contribution in [1.82, 2.24) is 20.3 Å². The van der Waals surface area contributed by atoms with E-state index in [1.165, 1.54) is 9.58 Å². The Hall–Kier alpha value is -4.18. The molecule has 0 aliphatic heterocycles. The topological polar surface area (TPSA) is 112 Å². The molecule has 0 fully saturated rings. The molecule has 2 aromatic heterocycles. The molecule has 0 spiro atoms. The van der Waals surface area contributed by atoms with Crippen LogP contribution in [-0.2, 0) is 20.9 Å². The third-order valence-electron chi connectivity index (χ3n) is 5.47. The number of para-hydroxylation sites is 1. The first-order valence-corrected chi connectivity index (χ1v) is 11.1. The fourth-order valence-corrected chi connectivity index (χ4v) is 3.77. The predicted molar refractivity (Wildman–Crippen MR) is 129 cm³/mol. The number of aromatic nitrogens is 3. The van der Waals surface area contributed by atoms with E-state index >= 15 is 0 Å². The number of amides is 2. The summed E-state index contributed by atoms with van der Waals surface area (Å²) in [7, 11) is 3.11. The SMILES string of the molecule is COCCNC(=O)C(c1ccc(C)o1)N(C(=O)Cn1nnc2ccccc21)c1ccc(OC)cc1. The Morgan fingerprint density at radius 1 is 1.09 bits per heavy atom. The third-order valence-corrected chi connectivity index (χ3v) is 5.47. The Bertz CT molecular complexity index is 1300. The number of benzene rings is 2. The third kappa shape index (κ3) is 5.33. The van der Waals surface area contributed by atoms with Crippen LogP contribution in [0.5, 0.6) is 5.75 Å². The Morgan fingerprint density at radius 3 is 2.54 bits per heavy atom. The van der Waals surface area contributed by atoms with Crippen LogP contribution in [-0.4, -0.2) is 54.2 Å². The molecule has 4 rings (SSSR count). The number of carbonyl (C=O) groups excluding carboxylic acids is 2. The van der Waals surface area contributed by atoms with Crippen LogP contribution in [0.1, 0.15) is 17.6 Å². The van der Waals surface area contributed by atoms with E-state index in [0.29, 0.717) is 40.6 Å². The molecule has 182 valence electrons. The van der Waals surface area contributed by atoms with Gasteiger partial charge >= 0.3 is 0 Å². The van der Waals surface area contributed by atoms with Crippen LogP contribution in [0.25, 0.3) is 11.0 Å². The van der Waals surface area contributed by atoms with Crippen molar-refractivity contribution in [3.63, 3.8) is 0 Å². The highest BCUT2D eigenvalue weighted by Gasteiger charge is 2.35. The van der Waals surface area contributed by atoms with Gasteiger partial charge in [-0.25, -0.2) is 4.68 Å². The average molecular weight is 478 g/mol. The smallest absolute Gasteiger partial charge is 0.251 e. The van der Waals surface area contributed by atoms with Gasteiger partial charge in [-0.15, -0.1) is 5.10 Å². The second-order valence-electron chi connectivity index (χ2n) is 7.83. The molecule has 2 heterocycles. The van der Waals surface area contributed by atoms with Crippen LogP contribution in [0.3, 0.4) is 0 Å². The van der Waals surface area contributed by atoms with Crippen molar-refractivity contribution < 1.29 is 23.5 Å². The summed E-state index contributed by atoms with van der Waals surface area (Å²) < 4.78 is 17.7. The van der Waals surface area contributed by atoms with Crippen LogP contribution in [0, 0.1) is 6.92 Å². The number of nitrogens with one attached hydrogen (secondary N) is 1. The van der Waals surface area contributed by atoms with E-state index in [4.69, 9.17) is 13.9 Å². The number of ether oxygens (including phenoxy) is 2. The maximum absolute atomic E-state index is 13.8. The quantitative estimate of drug-likeness (QED) is 0.350. The Kier molecular flexibility index (Phi) is 7.41. The standard InChI is InChI=1S/C25H27N5O5/c1-17-8-13-22(35-17)24(25(32)26-14-15-33-2)30(18-9-11-19(34-3)12-10-18)23(31)16-29-21-7-5-4-6-20(21)27-28-29/h4-13,24H,14-16H2,1-3H3,(H,26,32). The first-order valence-electron chi connectivity index (χ1n) is 11.1. The highest BCUT2D eigenvalue weighted by Crippen LogP contribution is 2.31. The lowest BCUT2D eigenvalue weighted by Gasteiger charge is -2.30. The lowest BCUT2D eigenvalue weighted by molar-refractivity contribution is -0.127. The monoisotopic (exact) mass is 477 g/mol. The van der Waals surface area contributed by atoms with Gasteiger partial charge in [0.15, 0.2) is 6.04 Å². The fourth-order valence-electron chi connectivity index (χ4n) is 3.77. The van der Waals surface area contributed by atoms with Crippen molar-refractivity contribution in [2.24, 2.45) is 0 Å². The number of fused-ring (bicyclic) bond motifs is 1. The second kappa shape index (κ2) is 10.8. The first kappa shape index (κ1) is 24.0. The zero-order valence-electron chi connectivity index (χ0n) is 19.8. The van der Waals surface area contributed by atoms with E-state index in [1.807, 2.05) is 24.3 Å². The number of carbonyl (C=O) groups is 2. The maximum Gasteiger partial charge on any atom is 0.251 e. The van der Waals surface area contributed by atoms with E-state index in [-0.39, 0.29) is 19.0 Å². The fraction of sp³-hybridized carbons (Fsp3) is 0.280. The van der Waals surface area contributed by atoms with Crippen molar-refractivity contribution in [3.05, 3.63) is 72.2 Å². The van der Waals surface area contributed by atoms with Crippen LogP contribution in [0.15, 0.2) is 65.1 Å². The lowest BCUT2D eigenvalue weighted by atomic mass is 10.1. The molecule has 1 unspecified atom stereocenters. The number of hydrogen-bond acceptors (Lipinski definition) is 7. The number of rotatable bonds is 10. The molecule has 10 nitrogen and oxygen atoms in total. The van der Waals surface area contributed by atoms with Crippen molar-refractivity contribution in [2.45, 2.75) is 19.5 Å². The molecule has 2 amide bonds. The molecule has 0 aliphatic carbocycles. The van der Waals surface area contributed by atoms with Crippen molar-refractivity contribution in [1.29, 1.82) is 0 Å². The molecule has 0 bridgehead atoms. The number of nitrogens with zero attached hydrogens (tertiary/aromatic N) is 4. The summed E-state index contributed by atoms with van der Waals surface area (Å²) in [6.45, 7) is 2.26. The zero-order chi connectivity index (χ0) is 24.8. The largest absolute Gasteiger partial charge is 0.497 e. The summed E-state index contributed by atoms with van der Waals surface area (Å²) in [5, 5.41) is 11.1. The minimum absolute atomic E-state index is 0.131. The first-order chi connectivity index (χ1) is 17.0. The van der Waals surface area contributed by atoms with Gasteiger partial charge in [-0.05, 0) is 55.5 Å². The zero-order valence-corrected chi connectivity index (χ0v) is 19.8. The molecule has 4 aromatic rings. The normalized spacial score (nSPS) is 11.9. The van der Waals surface area contributed by atoms with E-state index in [0.717, 1.165) is 0 Å². The van der Waals surface area contributed by atoms with Gasteiger partial charge in [0, 0.05) is 19.3 Å². The summed E-state index contributed by atoms with van der Waals surface area (Å²) in [4.78, 5) is 28.6. The van der Waals surface area contributed by atoms with Crippen LogP contribution < -0.4 is 15.0 Å². The molecular formula is C25H27N5O5. The Morgan fingerprint density at radius 2 is 1.86 bits per heavy atom. The summed E-state index contributed by atoms with van der Waals surface area (Å²) >= 11 is 0. The van der Waals surface area contributed by atoms with Crippen molar-refractivity contribution in [2.75, 3.05) is 32.3 Å². The molecule has 0 saturated heterocycles. The van der Waals surface area contributed by atoms with Gasteiger partial charge in [0.1, 0.15) is 29.3 Å². The number of aryl methyl sites for hydroxylation is 1. The number of hydrogen-bond donors (Lipinski definition) is 1. The van der Waals surface area contributed by atoms with E-state index < -0.39 is 11.9 Å². The van der Waals surface area contributed by atoms with Gasteiger partial charge in [0.05, 0.1) is 19.2 Å². The highest BCUT2D eigenvalue weighted by atomic mass is 16.5. The van der Waals surface area contributed by atoms with Gasteiger partial charge in [-0.3, -0.25) is 14.5 Å². The van der Waals surface area contributed by atoms with Crippen molar-refractivity contribution >= 4 is 28.5 Å². The summed E-state index contributed by atoms with van der Waals surface area (Å²) in [5.74, 6) is 0.818. The Balaban J connectivity index is 1.75. The maximum atomic E-state index is 13.8. The number of anilines is 1. The molecule has 1 N–H and O–H groups in total. The molecule has 35 heavy (non-hydrogen) atoms. The molecule has 10 heteroatoms. The average Bonchev–Trinajstić information content (AvgIpc) is 3.48. The summed E-state index contributed by atoms with van der Waals surface area (Å²) in [5.41, 5.74) is 1.89. The molecular weight excluding hydrogens is 450 g/mol. The lowest BCUT2D eigenvalue weighted by Crippen LogP contribution is -2.45. The molecule has 2 aromatic carbocycles. The number of methoxy groups -OCH3 is 2. The van der Waals surface area contributed by atoms with Crippen LogP contribution in [0.2, 0.25) is 0 Å². The van der Waals surface area contributed by atoms with Crippen LogP contribution >= 0.6 is 0 Å². The molecule has 0 aliphatic rings. The van der Waals surface area contributed by atoms with Gasteiger partial charge < -0.3 is 19.2 Å². The van der Waals surface area contributed by atoms with E-state index in [2.05, 4.69) is 15.6 Å². The summed E-state index contributed by atoms with van der Waals surface area (Å²) in [6.07, 6.45) is 0. The van der Waals surface area contributed by atoms with E-state index in [9.17, 15) is 9.59 Å².